The SMILES string of the molecule is O=S(O)c1onc(-c2ccccc2)c1Cl. The Labute approximate surface area is 93.1 Å². The van der Waals surface area contributed by atoms with Gasteiger partial charge < -0.3 is 4.52 Å². The molecule has 1 unspecified atom stereocenters. The number of benzene rings is 1. The number of hydrogen-bond acceptors (Lipinski definition) is 3. The van der Waals surface area contributed by atoms with E-state index in [0.717, 1.165) is 5.56 Å². The third-order valence-electron chi connectivity index (χ3n) is 1.81. The van der Waals surface area contributed by atoms with Crippen molar-refractivity contribution in [1.82, 2.24) is 5.16 Å². The van der Waals surface area contributed by atoms with Crippen molar-refractivity contribution in [1.29, 1.82) is 0 Å². The van der Waals surface area contributed by atoms with Gasteiger partial charge in [0.15, 0.2) is 0 Å². The predicted molar refractivity (Wildman–Crippen MR) is 56.0 cm³/mol. The van der Waals surface area contributed by atoms with Crippen LogP contribution in [-0.2, 0) is 11.1 Å². The van der Waals surface area contributed by atoms with Crippen LogP contribution in [0.3, 0.4) is 0 Å². The molecule has 0 spiro atoms. The number of hydrogen-bond donors (Lipinski definition) is 1. The first-order valence-electron chi connectivity index (χ1n) is 4.01. The molecule has 4 nitrogen and oxygen atoms in total. The van der Waals surface area contributed by atoms with Crippen molar-refractivity contribution >= 4 is 22.7 Å². The van der Waals surface area contributed by atoms with Crippen molar-refractivity contribution in [2.45, 2.75) is 5.09 Å². The first-order chi connectivity index (χ1) is 7.20. The Morgan fingerprint density at radius 3 is 2.53 bits per heavy atom. The van der Waals surface area contributed by atoms with E-state index in [2.05, 4.69) is 9.68 Å². The lowest BCUT2D eigenvalue weighted by Gasteiger charge is -1.94. The van der Waals surface area contributed by atoms with Crippen molar-refractivity contribution in [3.63, 3.8) is 0 Å². The summed E-state index contributed by atoms with van der Waals surface area (Å²) in [6.45, 7) is 0. The van der Waals surface area contributed by atoms with Gasteiger partial charge in [0.25, 0.3) is 5.09 Å². The Morgan fingerprint density at radius 2 is 2.00 bits per heavy atom. The summed E-state index contributed by atoms with van der Waals surface area (Å²) in [7, 11) is 0. The largest absolute Gasteiger partial charge is 0.342 e. The summed E-state index contributed by atoms with van der Waals surface area (Å²) in [5, 5.41) is 3.49. The number of aromatic nitrogens is 1. The standard InChI is InChI=1S/C9H6ClNO3S/c10-7-8(6-4-2-1-3-5-6)11-14-9(7)15(12)13/h1-5H,(H,12,13). The highest BCUT2D eigenvalue weighted by Gasteiger charge is 2.19. The molecular formula is C9H6ClNO3S. The fraction of sp³-hybridized carbons (Fsp3) is 0. The molecule has 0 saturated carbocycles. The summed E-state index contributed by atoms with van der Waals surface area (Å²) in [6, 6.07) is 9.05. The van der Waals surface area contributed by atoms with Gasteiger partial charge in [0.1, 0.15) is 10.7 Å². The maximum Gasteiger partial charge on any atom is 0.269 e. The predicted octanol–water partition coefficient (Wildman–Crippen LogP) is 2.58. The summed E-state index contributed by atoms with van der Waals surface area (Å²) in [6.07, 6.45) is 0. The fourth-order valence-electron chi connectivity index (χ4n) is 1.15. The molecule has 0 fully saturated rings. The fourth-order valence-corrected chi connectivity index (χ4v) is 1.88. The van der Waals surface area contributed by atoms with Gasteiger partial charge in [0.05, 0.1) is 0 Å². The minimum Gasteiger partial charge on any atom is -0.342 e. The quantitative estimate of drug-likeness (QED) is 0.824. The molecule has 1 aromatic heterocycles. The number of rotatable bonds is 2. The Balaban J connectivity index is 2.52. The molecule has 15 heavy (non-hydrogen) atoms. The maximum absolute atomic E-state index is 10.8. The molecule has 1 aromatic carbocycles. The topological polar surface area (TPSA) is 63.3 Å². The van der Waals surface area contributed by atoms with Crippen LogP contribution < -0.4 is 0 Å². The Kier molecular flexibility index (Phi) is 2.86. The molecule has 0 aliphatic heterocycles. The van der Waals surface area contributed by atoms with Crippen LogP contribution in [0.25, 0.3) is 11.3 Å². The van der Waals surface area contributed by atoms with E-state index in [-0.39, 0.29) is 10.1 Å². The lowest BCUT2D eigenvalue weighted by atomic mass is 10.2. The second-order valence-corrected chi connectivity index (χ2v) is 3.99. The van der Waals surface area contributed by atoms with Crippen LogP contribution in [0.15, 0.2) is 39.9 Å². The first kappa shape index (κ1) is 10.4. The molecule has 2 rings (SSSR count). The smallest absolute Gasteiger partial charge is 0.269 e. The average Bonchev–Trinajstić information content (AvgIpc) is 2.61. The van der Waals surface area contributed by atoms with Crippen LogP contribution >= 0.6 is 11.6 Å². The maximum atomic E-state index is 10.8. The van der Waals surface area contributed by atoms with Gasteiger partial charge in [-0.25, -0.2) is 4.21 Å². The average molecular weight is 244 g/mol. The number of nitrogens with zero attached hydrogens (tertiary/aromatic N) is 1. The Bertz CT molecular complexity index is 497. The zero-order chi connectivity index (χ0) is 10.8. The third-order valence-corrected chi connectivity index (χ3v) is 2.87. The minimum absolute atomic E-state index is 0.0713. The zero-order valence-corrected chi connectivity index (χ0v) is 8.96. The summed E-state index contributed by atoms with van der Waals surface area (Å²) in [4.78, 5) is 0. The molecule has 0 aliphatic rings. The second kappa shape index (κ2) is 4.14. The van der Waals surface area contributed by atoms with Gasteiger partial charge in [-0.2, -0.15) is 0 Å². The Morgan fingerprint density at radius 1 is 1.33 bits per heavy atom. The van der Waals surface area contributed by atoms with Crippen LogP contribution in [0.4, 0.5) is 0 Å². The minimum atomic E-state index is -2.25. The molecule has 0 bridgehead atoms. The lowest BCUT2D eigenvalue weighted by Crippen LogP contribution is -1.85. The summed E-state index contributed by atoms with van der Waals surface area (Å²) < 4.78 is 24.3. The molecule has 78 valence electrons. The molecular weight excluding hydrogens is 238 g/mol. The van der Waals surface area contributed by atoms with Gasteiger partial charge in [0.2, 0.25) is 11.1 Å². The summed E-state index contributed by atoms with van der Waals surface area (Å²) in [5.41, 5.74) is 1.11. The second-order valence-electron chi connectivity index (χ2n) is 2.75. The van der Waals surface area contributed by atoms with Crippen LogP contribution in [-0.4, -0.2) is 13.9 Å². The van der Waals surface area contributed by atoms with E-state index in [1.54, 1.807) is 12.1 Å². The highest BCUT2D eigenvalue weighted by Crippen LogP contribution is 2.31. The normalized spacial score (nSPS) is 12.7. The molecule has 1 N–H and O–H groups in total. The highest BCUT2D eigenvalue weighted by molar-refractivity contribution is 7.79. The van der Waals surface area contributed by atoms with Crippen molar-refractivity contribution in [2.24, 2.45) is 0 Å². The highest BCUT2D eigenvalue weighted by atomic mass is 35.5. The molecule has 6 heteroatoms. The van der Waals surface area contributed by atoms with Gasteiger partial charge >= 0.3 is 0 Å². The van der Waals surface area contributed by atoms with Crippen LogP contribution in [0.2, 0.25) is 5.02 Å². The van der Waals surface area contributed by atoms with Gasteiger partial charge in [-0.05, 0) is 0 Å². The van der Waals surface area contributed by atoms with E-state index in [1.165, 1.54) is 0 Å². The lowest BCUT2D eigenvalue weighted by molar-refractivity contribution is 0.338. The van der Waals surface area contributed by atoms with Gasteiger partial charge in [-0.3, -0.25) is 4.55 Å². The number of halogens is 1. The summed E-state index contributed by atoms with van der Waals surface area (Å²) >= 11 is 3.59. The van der Waals surface area contributed by atoms with Gasteiger partial charge in [-0.15, -0.1) is 0 Å². The molecule has 0 radical (unpaired) electrons. The van der Waals surface area contributed by atoms with E-state index >= 15 is 0 Å². The molecule has 0 saturated heterocycles. The third kappa shape index (κ3) is 1.94. The van der Waals surface area contributed by atoms with Crippen LogP contribution in [0, 0.1) is 0 Å². The summed E-state index contributed by atoms with van der Waals surface area (Å²) in [5.74, 6) is 0. The molecule has 0 amide bonds. The Hall–Kier alpha value is -1.17. The monoisotopic (exact) mass is 243 g/mol. The molecule has 0 aliphatic carbocycles. The van der Waals surface area contributed by atoms with Crippen molar-refractivity contribution in [3.8, 4) is 11.3 Å². The molecule has 1 heterocycles. The zero-order valence-electron chi connectivity index (χ0n) is 7.38. The van der Waals surface area contributed by atoms with Crippen molar-refractivity contribution in [3.05, 3.63) is 35.4 Å². The first-order valence-corrected chi connectivity index (χ1v) is 5.50. The molecule has 1 atom stereocenters. The van der Waals surface area contributed by atoms with E-state index in [1.807, 2.05) is 18.2 Å². The van der Waals surface area contributed by atoms with Gasteiger partial charge in [0, 0.05) is 5.56 Å². The van der Waals surface area contributed by atoms with E-state index in [9.17, 15) is 4.21 Å². The van der Waals surface area contributed by atoms with Crippen molar-refractivity contribution in [2.75, 3.05) is 0 Å². The van der Waals surface area contributed by atoms with E-state index < -0.39 is 11.1 Å². The van der Waals surface area contributed by atoms with E-state index in [4.69, 9.17) is 16.2 Å². The van der Waals surface area contributed by atoms with Crippen LogP contribution in [0.5, 0.6) is 0 Å². The van der Waals surface area contributed by atoms with Crippen molar-refractivity contribution < 1.29 is 13.3 Å². The molecule has 2 aromatic rings. The van der Waals surface area contributed by atoms with Crippen LogP contribution in [0.1, 0.15) is 0 Å². The van der Waals surface area contributed by atoms with Gasteiger partial charge in [-0.1, -0.05) is 47.1 Å². The van der Waals surface area contributed by atoms with E-state index in [0.29, 0.717) is 5.69 Å².